The zero-order valence-corrected chi connectivity index (χ0v) is 11.2. The van der Waals surface area contributed by atoms with E-state index in [4.69, 9.17) is 12.2 Å². The van der Waals surface area contributed by atoms with E-state index in [1.807, 2.05) is 30.3 Å². The van der Waals surface area contributed by atoms with Crippen LogP contribution in [0.2, 0.25) is 0 Å². The highest BCUT2D eigenvalue weighted by molar-refractivity contribution is 9.10. The van der Waals surface area contributed by atoms with E-state index in [9.17, 15) is 4.39 Å². The molecule has 0 unspecified atom stereocenters. The average molecular weight is 310 g/mol. The molecule has 0 spiro atoms. The Morgan fingerprint density at radius 3 is 2.47 bits per heavy atom. The summed E-state index contributed by atoms with van der Waals surface area (Å²) in [6, 6.07) is 14.3. The van der Waals surface area contributed by atoms with Gasteiger partial charge in [0.2, 0.25) is 0 Å². The number of anilines is 1. The lowest BCUT2D eigenvalue weighted by molar-refractivity contribution is 0.622. The molecule has 86 valence electrons. The summed E-state index contributed by atoms with van der Waals surface area (Å²) in [7, 11) is 0. The zero-order chi connectivity index (χ0) is 12.3. The number of thiocarbonyl (C=S) groups is 1. The monoisotopic (exact) mass is 309 g/mol. The number of hydrogen-bond acceptors (Lipinski definition) is 1. The van der Waals surface area contributed by atoms with Gasteiger partial charge in [-0.2, -0.15) is 0 Å². The van der Waals surface area contributed by atoms with E-state index in [-0.39, 0.29) is 5.82 Å². The first-order valence-electron chi connectivity index (χ1n) is 4.99. The maximum absolute atomic E-state index is 13.3. The molecular formula is C13H9BrFNS. The Labute approximate surface area is 113 Å². The van der Waals surface area contributed by atoms with Crippen LogP contribution in [0.25, 0.3) is 0 Å². The van der Waals surface area contributed by atoms with E-state index >= 15 is 0 Å². The Morgan fingerprint density at radius 2 is 1.76 bits per heavy atom. The van der Waals surface area contributed by atoms with E-state index in [0.717, 1.165) is 5.56 Å². The summed E-state index contributed by atoms with van der Waals surface area (Å²) in [4.78, 5) is 0.567. The predicted molar refractivity (Wildman–Crippen MR) is 75.9 cm³/mol. The molecule has 0 fully saturated rings. The molecular weight excluding hydrogens is 301 g/mol. The molecule has 0 bridgehead atoms. The van der Waals surface area contributed by atoms with Crippen molar-refractivity contribution in [1.29, 1.82) is 0 Å². The van der Waals surface area contributed by atoms with Crippen LogP contribution < -0.4 is 5.32 Å². The second-order valence-corrected chi connectivity index (χ2v) is 4.62. The van der Waals surface area contributed by atoms with Gasteiger partial charge < -0.3 is 5.32 Å². The van der Waals surface area contributed by atoms with Crippen molar-refractivity contribution in [2.45, 2.75) is 0 Å². The summed E-state index contributed by atoms with van der Waals surface area (Å²) in [5, 5.41) is 3.01. The molecule has 0 amide bonds. The molecule has 0 aliphatic carbocycles. The van der Waals surface area contributed by atoms with Crippen LogP contribution in [0, 0.1) is 5.82 Å². The van der Waals surface area contributed by atoms with E-state index in [0.29, 0.717) is 15.1 Å². The van der Waals surface area contributed by atoms with Crippen molar-refractivity contribution in [3.05, 3.63) is 64.4 Å². The maximum atomic E-state index is 13.3. The number of halogens is 2. The van der Waals surface area contributed by atoms with Gasteiger partial charge in [-0.3, -0.25) is 0 Å². The van der Waals surface area contributed by atoms with Crippen LogP contribution in [-0.4, -0.2) is 4.99 Å². The highest BCUT2D eigenvalue weighted by atomic mass is 79.9. The Morgan fingerprint density at radius 1 is 1.06 bits per heavy atom. The molecule has 0 heterocycles. The van der Waals surface area contributed by atoms with Crippen LogP contribution in [0.15, 0.2) is 53.0 Å². The molecule has 0 atom stereocenters. The second kappa shape index (κ2) is 5.38. The molecule has 0 aliphatic heterocycles. The lowest BCUT2D eigenvalue weighted by Gasteiger charge is -2.10. The van der Waals surface area contributed by atoms with Gasteiger partial charge in [-0.15, -0.1) is 0 Å². The van der Waals surface area contributed by atoms with Crippen molar-refractivity contribution in [1.82, 2.24) is 0 Å². The van der Waals surface area contributed by atoms with Gasteiger partial charge in [-0.1, -0.05) is 48.6 Å². The summed E-state index contributed by atoms with van der Waals surface area (Å²) in [6.07, 6.45) is 0. The van der Waals surface area contributed by atoms with Crippen molar-refractivity contribution in [2.24, 2.45) is 0 Å². The van der Waals surface area contributed by atoms with Gasteiger partial charge in [0.25, 0.3) is 0 Å². The van der Waals surface area contributed by atoms with Crippen molar-refractivity contribution in [3.8, 4) is 0 Å². The van der Waals surface area contributed by atoms with E-state index in [2.05, 4.69) is 21.2 Å². The second-order valence-electron chi connectivity index (χ2n) is 3.42. The average Bonchev–Trinajstić information content (AvgIpc) is 2.36. The van der Waals surface area contributed by atoms with E-state index in [1.165, 1.54) is 6.07 Å². The van der Waals surface area contributed by atoms with Crippen molar-refractivity contribution in [2.75, 3.05) is 5.32 Å². The SMILES string of the molecule is Fc1cccc(NC(=S)c2ccccc2)c1Br. The Bertz CT molecular complexity index is 542. The fraction of sp³-hybridized carbons (Fsp3) is 0. The van der Waals surface area contributed by atoms with Gasteiger partial charge in [-0.25, -0.2) is 4.39 Å². The largest absolute Gasteiger partial charge is 0.345 e. The summed E-state index contributed by atoms with van der Waals surface area (Å²) < 4.78 is 13.7. The van der Waals surface area contributed by atoms with Crippen molar-refractivity contribution >= 4 is 38.8 Å². The number of nitrogens with one attached hydrogen (secondary N) is 1. The molecule has 4 heteroatoms. The minimum atomic E-state index is -0.314. The topological polar surface area (TPSA) is 12.0 Å². The summed E-state index contributed by atoms with van der Waals surface area (Å²) in [5.41, 5.74) is 1.53. The predicted octanol–water partition coefficient (Wildman–Crippen LogP) is 4.38. The molecule has 2 aromatic carbocycles. The first-order chi connectivity index (χ1) is 8.18. The van der Waals surface area contributed by atoms with Crippen LogP contribution in [-0.2, 0) is 0 Å². The Hall–Kier alpha value is -1.26. The normalized spacial score (nSPS) is 10.0. The lowest BCUT2D eigenvalue weighted by Crippen LogP contribution is -2.10. The summed E-state index contributed by atoms with van der Waals surface area (Å²) in [5.74, 6) is -0.314. The maximum Gasteiger partial charge on any atom is 0.139 e. The molecule has 0 aliphatic rings. The van der Waals surface area contributed by atoms with Gasteiger partial charge in [0.15, 0.2) is 0 Å². The molecule has 0 saturated carbocycles. The molecule has 1 nitrogen and oxygen atoms in total. The van der Waals surface area contributed by atoms with E-state index < -0.39 is 0 Å². The highest BCUT2D eigenvalue weighted by Crippen LogP contribution is 2.25. The smallest absolute Gasteiger partial charge is 0.139 e. The van der Waals surface area contributed by atoms with Crippen LogP contribution in [0.4, 0.5) is 10.1 Å². The number of rotatable bonds is 2. The third-order valence-electron chi connectivity index (χ3n) is 2.24. The van der Waals surface area contributed by atoms with Gasteiger partial charge in [0.1, 0.15) is 10.8 Å². The van der Waals surface area contributed by atoms with Crippen LogP contribution in [0.3, 0.4) is 0 Å². The summed E-state index contributed by atoms with van der Waals surface area (Å²) >= 11 is 8.44. The number of hydrogen-bond donors (Lipinski definition) is 1. The van der Waals surface area contributed by atoms with Gasteiger partial charge >= 0.3 is 0 Å². The lowest BCUT2D eigenvalue weighted by atomic mass is 10.2. The third kappa shape index (κ3) is 2.90. The molecule has 17 heavy (non-hydrogen) atoms. The van der Waals surface area contributed by atoms with Gasteiger partial charge in [-0.05, 0) is 28.1 Å². The van der Waals surface area contributed by atoms with Crippen molar-refractivity contribution < 1.29 is 4.39 Å². The molecule has 0 saturated heterocycles. The van der Waals surface area contributed by atoms with Gasteiger partial charge in [0.05, 0.1) is 10.2 Å². The van der Waals surface area contributed by atoms with Gasteiger partial charge in [0, 0.05) is 5.56 Å². The zero-order valence-electron chi connectivity index (χ0n) is 8.78. The Kier molecular flexibility index (Phi) is 3.86. The number of benzene rings is 2. The van der Waals surface area contributed by atoms with Crippen LogP contribution >= 0.6 is 28.1 Å². The third-order valence-corrected chi connectivity index (χ3v) is 3.38. The molecule has 2 aromatic rings. The summed E-state index contributed by atoms with van der Waals surface area (Å²) in [6.45, 7) is 0. The fourth-order valence-electron chi connectivity index (χ4n) is 1.38. The minimum Gasteiger partial charge on any atom is -0.345 e. The standard InChI is InChI=1S/C13H9BrFNS/c14-12-10(15)7-4-8-11(12)16-13(17)9-5-2-1-3-6-9/h1-8H,(H,16,17). The fourth-order valence-corrected chi connectivity index (χ4v) is 1.99. The first-order valence-corrected chi connectivity index (χ1v) is 6.19. The molecule has 0 aromatic heterocycles. The molecule has 2 rings (SSSR count). The minimum absolute atomic E-state index is 0.314. The first kappa shape index (κ1) is 12.2. The molecule has 1 N–H and O–H groups in total. The highest BCUT2D eigenvalue weighted by Gasteiger charge is 2.07. The van der Waals surface area contributed by atoms with Crippen molar-refractivity contribution in [3.63, 3.8) is 0 Å². The van der Waals surface area contributed by atoms with Crippen LogP contribution in [0.1, 0.15) is 5.56 Å². The van der Waals surface area contributed by atoms with Crippen LogP contribution in [0.5, 0.6) is 0 Å². The van der Waals surface area contributed by atoms with E-state index in [1.54, 1.807) is 12.1 Å². The molecule has 0 radical (unpaired) electrons. The quantitative estimate of drug-likeness (QED) is 0.826. The Balaban J connectivity index is 2.22.